The van der Waals surface area contributed by atoms with Crippen LogP contribution in [0.15, 0.2) is 18.2 Å². The monoisotopic (exact) mass is 250 g/mol. The Kier molecular flexibility index (Phi) is 3.87. The zero-order valence-corrected chi connectivity index (χ0v) is 10.4. The molecule has 0 saturated heterocycles. The fraction of sp³-hybridized carbons (Fsp3) is 0.500. The molecule has 1 aromatic carbocycles. The highest BCUT2D eigenvalue weighted by atomic mass is 16.5. The van der Waals surface area contributed by atoms with Gasteiger partial charge in [-0.15, -0.1) is 0 Å². The van der Waals surface area contributed by atoms with Crippen LogP contribution in [0.4, 0.5) is 0 Å². The van der Waals surface area contributed by atoms with E-state index in [0.29, 0.717) is 5.75 Å². The van der Waals surface area contributed by atoms with Gasteiger partial charge in [0.1, 0.15) is 17.4 Å². The predicted molar refractivity (Wildman–Crippen MR) is 67.0 cm³/mol. The fourth-order valence-corrected chi connectivity index (χ4v) is 2.29. The van der Waals surface area contributed by atoms with Gasteiger partial charge in [-0.05, 0) is 38.3 Å². The van der Waals surface area contributed by atoms with Gasteiger partial charge in [0.2, 0.25) is 0 Å². The molecule has 0 amide bonds. The molecule has 1 aromatic rings. The van der Waals surface area contributed by atoms with Crippen molar-refractivity contribution >= 4 is 5.97 Å². The van der Waals surface area contributed by atoms with Crippen LogP contribution < -0.4 is 4.74 Å². The molecule has 0 aromatic heterocycles. The lowest BCUT2D eigenvalue weighted by Gasteiger charge is -2.28. The standard InChI is InChI=1S/C14H18O4/c1-9-6-7-12(10(8-9)14(16)17)18-13-5-3-2-4-11(13)15/h6-8,11,13,15H,2-5H2,1H3,(H,16,17). The Balaban J connectivity index is 2.20. The third kappa shape index (κ3) is 2.82. The summed E-state index contributed by atoms with van der Waals surface area (Å²) >= 11 is 0. The number of aryl methyl sites for hydroxylation is 1. The van der Waals surface area contributed by atoms with E-state index in [1.165, 1.54) is 0 Å². The number of hydrogen-bond acceptors (Lipinski definition) is 3. The molecule has 1 fully saturated rings. The lowest BCUT2D eigenvalue weighted by molar-refractivity contribution is 0.00605. The SMILES string of the molecule is Cc1ccc(OC2CCCCC2O)c(C(=O)O)c1. The van der Waals surface area contributed by atoms with Crippen LogP contribution in [0, 0.1) is 6.92 Å². The summed E-state index contributed by atoms with van der Waals surface area (Å²) in [7, 11) is 0. The zero-order valence-electron chi connectivity index (χ0n) is 10.4. The van der Waals surface area contributed by atoms with Gasteiger partial charge in [0, 0.05) is 0 Å². The number of ether oxygens (including phenoxy) is 1. The minimum absolute atomic E-state index is 0.160. The van der Waals surface area contributed by atoms with E-state index in [4.69, 9.17) is 9.84 Å². The van der Waals surface area contributed by atoms with Gasteiger partial charge in [-0.1, -0.05) is 18.1 Å². The molecule has 1 aliphatic rings. The Bertz CT molecular complexity index is 441. The summed E-state index contributed by atoms with van der Waals surface area (Å²) in [6, 6.07) is 5.07. The van der Waals surface area contributed by atoms with Gasteiger partial charge in [0.05, 0.1) is 6.10 Å². The molecular weight excluding hydrogens is 232 g/mol. The summed E-state index contributed by atoms with van der Waals surface area (Å²) in [6.07, 6.45) is 2.71. The van der Waals surface area contributed by atoms with Crippen LogP contribution in [0.2, 0.25) is 0 Å². The molecule has 1 saturated carbocycles. The number of hydrogen-bond donors (Lipinski definition) is 2. The molecule has 0 bridgehead atoms. The number of rotatable bonds is 3. The molecule has 1 aliphatic carbocycles. The van der Waals surface area contributed by atoms with Gasteiger partial charge in [-0.3, -0.25) is 0 Å². The average Bonchev–Trinajstić information content (AvgIpc) is 2.34. The first-order valence-corrected chi connectivity index (χ1v) is 6.26. The van der Waals surface area contributed by atoms with Crippen molar-refractivity contribution in [1.82, 2.24) is 0 Å². The quantitative estimate of drug-likeness (QED) is 0.864. The van der Waals surface area contributed by atoms with E-state index < -0.39 is 12.1 Å². The maximum absolute atomic E-state index is 11.2. The molecule has 0 radical (unpaired) electrons. The van der Waals surface area contributed by atoms with Crippen molar-refractivity contribution in [3.05, 3.63) is 29.3 Å². The van der Waals surface area contributed by atoms with Crippen LogP contribution in [-0.2, 0) is 0 Å². The Morgan fingerprint density at radius 2 is 2.06 bits per heavy atom. The van der Waals surface area contributed by atoms with Crippen molar-refractivity contribution < 1.29 is 19.7 Å². The molecular formula is C14H18O4. The summed E-state index contributed by atoms with van der Waals surface area (Å²) in [5.41, 5.74) is 1.04. The van der Waals surface area contributed by atoms with E-state index in [1.54, 1.807) is 12.1 Å². The second-order valence-corrected chi connectivity index (χ2v) is 4.81. The van der Waals surface area contributed by atoms with E-state index in [0.717, 1.165) is 31.2 Å². The van der Waals surface area contributed by atoms with Crippen molar-refractivity contribution in [2.75, 3.05) is 0 Å². The van der Waals surface area contributed by atoms with Gasteiger partial charge in [-0.2, -0.15) is 0 Å². The molecule has 18 heavy (non-hydrogen) atoms. The number of carboxylic acid groups (broad SMARTS) is 1. The van der Waals surface area contributed by atoms with Crippen LogP contribution in [-0.4, -0.2) is 28.4 Å². The number of aromatic carboxylic acids is 1. The average molecular weight is 250 g/mol. The summed E-state index contributed by atoms with van der Waals surface area (Å²) in [5.74, 6) is -0.655. The molecule has 2 rings (SSSR count). The largest absolute Gasteiger partial charge is 0.487 e. The van der Waals surface area contributed by atoms with Crippen LogP contribution in [0.25, 0.3) is 0 Å². The van der Waals surface area contributed by atoms with Crippen molar-refractivity contribution in [3.63, 3.8) is 0 Å². The van der Waals surface area contributed by atoms with Crippen molar-refractivity contribution in [3.8, 4) is 5.75 Å². The second kappa shape index (κ2) is 5.40. The Hall–Kier alpha value is -1.55. The van der Waals surface area contributed by atoms with Crippen LogP contribution in [0.1, 0.15) is 41.6 Å². The first-order valence-electron chi connectivity index (χ1n) is 6.26. The molecule has 2 N–H and O–H groups in total. The van der Waals surface area contributed by atoms with Gasteiger partial charge in [0.15, 0.2) is 0 Å². The van der Waals surface area contributed by atoms with Crippen LogP contribution >= 0.6 is 0 Å². The fourth-order valence-electron chi connectivity index (χ4n) is 2.29. The third-order valence-corrected chi connectivity index (χ3v) is 3.31. The molecule has 4 heteroatoms. The summed E-state index contributed by atoms with van der Waals surface area (Å²) in [6.45, 7) is 1.84. The lowest BCUT2D eigenvalue weighted by atomic mass is 9.94. The summed E-state index contributed by atoms with van der Waals surface area (Å²) < 4.78 is 5.68. The van der Waals surface area contributed by atoms with Gasteiger partial charge in [-0.25, -0.2) is 4.79 Å². The van der Waals surface area contributed by atoms with Gasteiger partial charge in [0.25, 0.3) is 0 Å². The number of carbonyl (C=O) groups is 1. The predicted octanol–water partition coefficient (Wildman–Crippen LogP) is 2.38. The lowest BCUT2D eigenvalue weighted by Crippen LogP contribution is -2.35. The zero-order chi connectivity index (χ0) is 13.1. The molecule has 4 nitrogen and oxygen atoms in total. The maximum atomic E-state index is 11.2. The van der Waals surface area contributed by atoms with Crippen LogP contribution in [0.3, 0.4) is 0 Å². The Labute approximate surface area is 106 Å². The maximum Gasteiger partial charge on any atom is 0.339 e. The number of aliphatic hydroxyl groups is 1. The van der Waals surface area contributed by atoms with Crippen molar-refractivity contribution in [2.24, 2.45) is 0 Å². The van der Waals surface area contributed by atoms with Crippen molar-refractivity contribution in [2.45, 2.75) is 44.8 Å². The van der Waals surface area contributed by atoms with E-state index in [-0.39, 0.29) is 11.7 Å². The van der Waals surface area contributed by atoms with Gasteiger partial charge < -0.3 is 14.9 Å². The van der Waals surface area contributed by atoms with E-state index in [9.17, 15) is 9.90 Å². The second-order valence-electron chi connectivity index (χ2n) is 4.81. The highest BCUT2D eigenvalue weighted by molar-refractivity contribution is 5.91. The molecule has 2 unspecified atom stereocenters. The molecule has 98 valence electrons. The van der Waals surface area contributed by atoms with Crippen molar-refractivity contribution in [1.29, 1.82) is 0 Å². The minimum atomic E-state index is -1.00. The minimum Gasteiger partial charge on any atom is -0.487 e. The Morgan fingerprint density at radius 1 is 1.33 bits per heavy atom. The number of carboxylic acids is 1. The highest BCUT2D eigenvalue weighted by Gasteiger charge is 2.26. The number of aliphatic hydroxyl groups excluding tert-OH is 1. The molecule has 0 aliphatic heterocycles. The van der Waals surface area contributed by atoms with Gasteiger partial charge >= 0.3 is 5.97 Å². The normalized spacial score (nSPS) is 23.7. The smallest absolute Gasteiger partial charge is 0.339 e. The number of benzene rings is 1. The molecule has 0 spiro atoms. The third-order valence-electron chi connectivity index (χ3n) is 3.31. The van der Waals surface area contributed by atoms with E-state index in [2.05, 4.69) is 0 Å². The van der Waals surface area contributed by atoms with E-state index >= 15 is 0 Å². The summed E-state index contributed by atoms with van der Waals surface area (Å²) in [5, 5.41) is 19.0. The van der Waals surface area contributed by atoms with Crippen LogP contribution in [0.5, 0.6) is 5.75 Å². The first-order chi connectivity index (χ1) is 8.58. The molecule has 0 heterocycles. The molecule has 2 atom stereocenters. The summed E-state index contributed by atoms with van der Waals surface area (Å²) in [4.78, 5) is 11.2. The Morgan fingerprint density at radius 3 is 2.72 bits per heavy atom. The van der Waals surface area contributed by atoms with E-state index in [1.807, 2.05) is 13.0 Å². The highest BCUT2D eigenvalue weighted by Crippen LogP contribution is 2.27. The first kappa shape index (κ1) is 12.9. The topological polar surface area (TPSA) is 66.8 Å².